The molecule has 30 heavy (non-hydrogen) atoms. The highest BCUT2D eigenvalue weighted by Gasteiger charge is 2.33. The summed E-state index contributed by atoms with van der Waals surface area (Å²) < 4.78 is 82.5. The molecule has 12 heteroatoms. The van der Waals surface area contributed by atoms with E-state index in [9.17, 15) is 30.8 Å². The molecule has 1 saturated heterocycles. The molecule has 7 nitrogen and oxygen atoms in total. The van der Waals surface area contributed by atoms with Gasteiger partial charge in [-0.1, -0.05) is 0 Å². The van der Waals surface area contributed by atoms with Crippen LogP contribution in [-0.2, 0) is 20.8 Å². The average molecular weight is 447 g/mol. The Morgan fingerprint density at radius 2 is 2.03 bits per heavy atom. The number of carbonyl (C=O) groups is 1. The lowest BCUT2D eigenvalue weighted by molar-refractivity contribution is -0.137. The van der Waals surface area contributed by atoms with E-state index in [1.807, 2.05) is 0 Å². The number of ether oxygens (including phenoxy) is 1. The van der Waals surface area contributed by atoms with Crippen molar-refractivity contribution in [2.24, 2.45) is 5.92 Å². The molecule has 162 valence electrons. The monoisotopic (exact) mass is 447 g/mol. The van der Waals surface area contributed by atoms with Gasteiger partial charge in [0.1, 0.15) is 10.7 Å². The van der Waals surface area contributed by atoms with Crippen LogP contribution < -0.4 is 11.1 Å². The van der Waals surface area contributed by atoms with Gasteiger partial charge in [-0.15, -0.1) is 0 Å². The molecule has 0 saturated carbocycles. The number of nitrogens with zero attached hydrogens (tertiary/aromatic N) is 1. The summed E-state index contributed by atoms with van der Waals surface area (Å²) in [5.41, 5.74) is 3.93. The molecule has 1 aliphatic heterocycles. The largest absolute Gasteiger partial charge is 0.416 e. The summed E-state index contributed by atoms with van der Waals surface area (Å²) in [5.74, 6) is -2.04. The number of halogens is 4. The standard InChI is InChI=1S/C18H17F4N3O4S/c19-13-5-11(18(20,21)22)1-2-15(13)30(27,28)12-6-14(23)16(24-8-12)17(26)25-7-10-3-4-29-9-10/h1-2,5-6,8,10H,3-4,7,9,23H2,(H,25,26)/t10-/m1/s1. The molecule has 1 atom stereocenters. The molecule has 0 unspecified atom stereocenters. The van der Waals surface area contributed by atoms with Gasteiger partial charge in [0.2, 0.25) is 9.84 Å². The van der Waals surface area contributed by atoms with E-state index in [4.69, 9.17) is 10.5 Å². The number of benzene rings is 1. The second-order valence-electron chi connectivity index (χ2n) is 6.69. The molecule has 0 bridgehead atoms. The van der Waals surface area contributed by atoms with Crippen molar-refractivity contribution in [3.8, 4) is 0 Å². The molecule has 0 spiro atoms. The second kappa shape index (κ2) is 8.19. The molecule has 1 amide bonds. The summed E-state index contributed by atoms with van der Waals surface area (Å²) in [4.78, 5) is 14.5. The Morgan fingerprint density at radius 1 is 1.30 bits per heavy atom. The van der Waals surface area contributed by atoms with Gasteiger partial charge in [-0.2, -0.15) is 13.2 Å². The zero-order valence-corrected chi connectivity index (χ0v) is 16.2. The van der Waals surface area contributed by atoms with Crippen molar-refractivity contribution in [2.45, 2.75) is 22.4 Å². The molecule has 0 radical (unpaired) electrons. The third-order valence-electron chi connectivity index (χ3n) is 4.54. The first-order valence-electron chi connectivity index (χ1n) is 8.73. The van der Waals surface area contributed by atoms with Crippen LogP contribution in [0.15, 0.2) is 40.3 Å². The van der Waals surface area contributed by atoms with E-state index < -0.39 is 43.1 Å². The van der Waals surface area contributed by atoms with Crippen LogP contribution in [0.25, 0.3) is 0 Å². The summed E-state index contributed by atoms with van der Waals surface area (Å²) >= 11 is 0. The number of amides is 1. The van der Waals surface area contributed by atoms with Gasteiger partial charge in [-0.3, -0.25) is 4.79 Å². The fourth-order valence-corrected chi connectivity index (χ4v) is 4.18. The van der Waals surface area contributed by atoms with Crippen LogP contribution in [0, 0.1) is 11.7 Å². The minimum Gasteiger partial charge on any atom is -0.397 e. The molecule has 0 aliphatic carbocycles. The Morgan fingerprint density at radius 3 is 2.60 bits per heavy atom. The first kappa shape index (κ1) is 22.0. The maximum absolute atomic E-state index is 14.1. The number of nitrogens with one attached hydrogen (secondary N) is 1. The first-order chi connectivity index (χ1) is 14.0. The molecule has 1 fully saturated rings. The van der Waals surface area contributed by atoms with E-state index in [0.717, 1.165) is 18.7 Å². The molecular formula is C18H17F4N3O4S. The van der Waals surface area contributed by atoms with Crippen LogP contribution in [0.1, 0.15) is 22.5 Å². The average Bonchev–Trinajstić information content (AvgIpc) is 3.18. The Bertz CT molecular complexity index is 1070. The first-order valence-corrected chi connectivity index (χ1v) is 10.2. The number of carbonyl (C=O) groups excluding carboxylic acids is 1. The Kier molecular flexibility index (Phi) is 5.99. The number of pyridine rings is 1. The van der Waals surface area contributed by atoms with Crippen LogP contribution in [0.2, 0.25) is 0 Å². The van der Waals surface area contributed by atoms with E-state index in [1.165, 1.54) is 0 Å². The molecule has 3 rings (SSSR count). The molecule has 1 aromatic heterocycles. The zero-order valence-electron chi connectivity index (χ0n) is 15.4. The van der Waals surface area contributed by atoms with Crippen LogP contribution >= 0.6 is 0 Å². The molecule has 1 aromatic carbocycles. The maximum atomic E-state index is 14.1. The second-order valence-corrected chi connectivity index (χ2v) is 8.61. The van der Waals surface area contributed by atoms with Crippen molar-refractivity contribution in [1.82, 2.24) is 10.3 Å². The van der Waals surface area contributed by atoms with Crippen molar-refractivity contribution in [3.05, 3.63) is 47.5 Å². The summed E-state index contributed by atoms with van der Waals surface area (Å²) in [6, 6.07) is 1.99. The van der Waals surface area contributed by atoms with Gasteiger partial charge < -0.3 is 15.8 Å². The lowest BCUT2D eigenvalue weighted by Crippen LogP contribution is -2.30. The molecular weight excluding hydrogens is 430 g/mol. The number of aromatic nitrogens is 1. The van der Waals surface area contributed by atoms with Gasteiger partial charge in [0, 0.05) is 25.3 Å². The minimum absolute atomic E-state index is 0.0955. The van der Waals surface area contributed by atoms with E-state index in [1.54, 1.807) is 0 Å². The normalized spacial score (nSPS) is 17.1. The highest BCUT2D eigenvalue weighted by atomic mass is 32.2. The fraction of sp³-hybridized carbons (Fsp3) is 0.333. The predicted octanol–water partition coefficient (Wildman–Crippen LogP) is 2.42. The lowest BCUT2D eigenvalue weighted by Gasteiger charge is -2.12. The highest BCUT2D eigenvalue weighted by Crippen LogP contribution is 2.32. The number of nitrogens with two attached hydrogens (primary N) is 1. The van der Waals surface area contributed by atoms with Crippen molar-refractivity contribution in [3.63, 3.8) is 0 Å². The van der Waals surface area contributed by atoms with E-state index in [-0.39, 0.29) is 23.4 Å². The highest BCUT2D eigenvalue weighted by molar-refractivity contribution is 7.91. The summed E-state index contributed by atoms with van der Waals surface area (Å²) in [5, 5.41) is 2.62. The van der Waals surface area contributed by atoms with Crippen molar-refractivity contribution in [2.75, 3.05) is 25.5 Å². The fourth-order valence-electron chi connectivity index (χ4n) is 2.89. The van der Waals surface area contributed by atoms with Gasteiger partial charge in [0.25, 0.3) is 5.91 Å². The third-order valence-corrected chi connectivity index (χ3v) is 6.30. The Labute approximate surface area is 169 Å². The number of hydrogen-bond donors (Lipinski definition) is 2. The SMILES string of the molecule is Nc1cc(S(=O)(=O)c2ccc(C(F)(F)F)cc2F)cnc1C(=O)NC[C@H]1CCOC1. The number of anilines is 1. The van der Waals surface area contributed by atoms with Crippen LogP contribution in [0.4, 0.5) is 23.2 Å². The number of rotatable bonds is 5. The van der Waals surface area contributed by atoms with Gasteiger partial charge in [0.05, 0.1) is 22.8 Å². The minimum atomic E-state index is -4.82. The van der Waals surface area contributed by atoms with Gasteiger partial charge in [-0.25, -0.2) is 17.8 Å². The Balaban J connectivity index is 1.83. The summed E-state index contributed by atoms with van der Waals surface area (Å²) in [7, 11) is -4.56. The summed E-state index contributed by atoms with van der Waals surface area (Å²) in [6.07, 6.45) is -3.23. The smallest absolute Gasteiger partial charge is 0.397 e. The molecule has 2 aromatic rings. The molecule has 1 aliphatic rings. The van der Waals surface area contributed by atoms with E-state index in [2.05, 4.69) is 10.3 Å². The zero-order chi connectivity index (χ0) is 22.1. The van der Waals surface area contributed by atoms with E-state index >= 15 is 0 Å². The van der Waals surface area contributed by atoms with Gasteiger partial charge >= 0.3 is 6.18 Å². The van der Waals surface area contributed by atoms with Crippen LogP contribution in [0.3, 0.4) is 0 Å². The van der Waals surface area contributed by atoms with Crippen molar-refractivity contribution >= 4 is 21.4 Å². The van der Waals surface area contributed by atoms with Crippen molar-refractivity contribution in [1.29, 1.82) is 0 Å². The number of nitrogen functional groups attached to an aromatic ring is 1. The summed E-state index contributed by atoms with van der Waals surface area (Å²) in [6.45, 7) is 1.45. The molecule has 2 heterocycles. The third kappa shape index (κ3) is 4.54. The van der Waals surface area contributed by atoms with E-state index in [0.29, 0.717) is 31.9 Å². The number of alkyl halides is 3. The molecule has 3 N–H and O–H groups in total. The van der Waals surface area contributed by atoms with Crippen molar-refractivity contribution < 1.29 is 35.5 Å². The predicted molar refractivity (Wildman–Crippen MR) is 96.8 cm³/mol. The maximum Gasteiger partial charge on any atom is 0.416 e. The topological polar surface area (TPSA) is 111 Å². The number of sulfone groups is 1. The van der Waals surface area contributed by atoms with Gasteiger partial charge in [-0.05, 0) is 30.7 Å². The van der Waals surface area contributed by atoms with Crippen LogP contribution in [-0.4, -0.2) is 39.1 Å². The van der Waals surface area contributed by atoms with Crippen LogP contribution in [0.5, 0.6) is 0 Å². The van der Waals surface area contributed by atoms with Gasteiger partial charge in [0.15, 0.2) is 5.69 Å². The number of hydrogen-bond acceptors (Lipinski definition) is 6. The lowest BCUT2D eigenvalue weighted by atomic mass is 10.1. The Hall–Kier alpha value is -2.73. The quantitative estimate of drug-likeness (QED) is 0.681.